The molecular weight excluding hydrogens is 252 g/mol. The predicted octanol–water partition coefficient (Wildman–Crippen LogP) is 3.08. The third kappa shape index (κ3) is 1.99. The summed E-state index contributed by atoms with van der Waals surface area (Å²) in [5.74, 6) is 1.85. The van der Waals surface area contributed by atoms with Crippen LogP contribution in [0.25, 0.3) is 11.0 Å². The molecule has 3 aromatic rings. The SMILES string of the molecule is c1cnc2cc(COc3ccc4c(c3)CCO4)[nH]c2c1. The highest BCUT2D eigenvalue weighted by atomic mass is 16.5. The third-order valence-corrected chi connectivity index (χ3v) is 3.50. The Hall–Kier alpha value is -2.49. The number of ether oxygens (including phenoxy) is 2. The number of aromatic nitrogens is 2. The molecule has 1 N–H and O–H groups in total. The Morgan fingerprint density at radius 1 is 1.25 bits per heavy atom. The largest absolute Gasteiger partial charge is 0.493 e. The summed E-state index contributed by atoms with van der Waals surface area (Å²) in [6.07, 6.45) is 2.75. The van der Waals surface area contributed by atoms with Crippen LogP contribution in [-0.4, -0.2) is 16.6 Å². The Morgan fingerprint density at radius 3 is 3.20 bits per heavy atom. The molecule has 3 heterocycles. The van der Waals surface area contributed by atoms with Gasteiger partial charge in [-0.1, -0.05) is 0 Å². The predicted molar refractivity (Wildman–Crippen MR) is 76.1 cm³/mol. The number of H-pyrrole nitrogens is 1. The molecule has 0 fully saturated rings. The molecule has 1 aliphatic heterocycles. The van der Waals surface area contributed by atoms with Crippen molar-refractivity contribution in [2.45, 2.75) is 13.0 Å². The smallest absolute Gasteiger partial charge is 0.128 e. The van der Waals surface area contributed by atoms with Crippen molar-refractivity contribution in [2.75, 3.05) is 6.61 Å². The normalized spacial score (nSPS) is 13.2. The molecule has 4 heteroatoms. The number of aromatic amines is 1. The van der Waals surface area contributed by atoms with Gasteiger partial charge in [-0.2, -0.15) is 0 Å². The monoisotopic (exact) mass is 266 g/mol. The number of rotatable bonds is 3. The van der Waals surface area contributed by atoms with Crippen molar-refractivity contribution in [3.63, 3.8) is 0 Å². The average Bonchev–Trinajstić information content (AvgIpc) is 3.10. The summed E-state index contributed by atoms with van der Waals surface area (Å²) in [5.41, 5.74) is 4.25. The van der Waals surface area contributed by atoms with Crippen LogP contribution in [0, 0.1) is 0 Å². The summed E-state index contributed by atoms with van der Waals surface area (Å²) in [6.45, 7) is 1.28. The molecule has 1 aromatic carbocycles. The van der Waals surface area contributed by atoms with Crippen molar-refractivity contribution in [1.29, 1.82) is 0 Å². The Balaban J connectivity index is 1.52. The second-order valence-electron chi connectivity index (χ2n) is 4.89. The fourth-order valence-electron chi connectivity index (χ4n) is 2.50. The minimum absolute atomic E-state index is 0.510. The Bertz CT molecular complexity index is 731. The van der Waals surface area contributed by atoms with Gasteiger partial charge < -0.3 is 14.5 Å². The number of nitrogens with zero attached hydrogens (tertiary/aromatic N) is 1. The molecule has 2 aromatic heterocycles. The lowest BCUT2D eigenvalue weighted by Crippen LogP contribution is -1.95. The number of hydrogen-bond donors (Lipinski definition) is 1. The minimum atomic E-state index is 0.510. The summed E-state index contributed by atoms with van der Waals surface area (Å²) in [4.78, 5) is 7.61. The molecular formula is C16H14N2O2. The van der Waals surface area contributed by atoms with Gasteiger partial charge in [-0.15, -0.1) is 0 Å². The first kappa shape index (κ1) is 11.3. The quantitative estimate of drug-likeness (QED) is 0.792. The van der Waals surface area contributed by atoms with Crippen LogP contribution in [0.5, 0.6) is 11.5 Å². The standard InChI is InChI=1S/C16H14N2O2/c1-2-14-15(17-6-1)9-12(18-14)10-20-13-3-4-16-11(8-13)5-7-19-16/h1-4,6,8-9,18H,5,7,10H2. The van der Waals surface area contributed by atoms with E-state index in [1.807, 2.05) is 30.3 Å². The molecule has 0 atom stereocenters. The van der Waals surface area contributed by atoms with Crippen LogP contribution in [0.15, 0.2) is 42.6 Å². The van der Waals surface area contributed by atoms with Crippen LogP contribution in [0.1, 0.15) is 11.3 Å². The van der Waals surface area contributed by atoms with E-state index < -0.39 is 0 Å². The molecule has 100 valence electrons. The molecule has 20 heavy (non-hydrogen) atoms. The van der Waals surface area contributed by atoms with Crippen molar-refractivity contribution in [2.24, 2.45) is 0 Å². The highest BCUT2D eigenvalue weighted by Crippen LogP contribution is 2.29. The number of hydrogen-bond acceptors (Lipinski definition) is 3. The lowest BCUT2D eigenvalue weighted by Gasteiger charge is -2.06. The van der Waals surface area contributed by atoms with Gasteiger partial charge in [0.25, 0.3) is 0 Å². The van der Waals surface area contributed by atoms with Gasteiger partial charge in [0.1, 0.15) is 18.1 Å². The first-order valence-corrected chi connectivity index (χ1v) is 6.70. The second-order valence-corrected chi connectivity index (χ2v) is 4.89. The first-order valence-electron chi connectivity index (χ1n) is 6.70. The van der Waals surface area contributed by atoms with Crippen LogP contribution in [0.3, 0.4) is 0 Å². The molecule has 0 saturated heterocycles. The maximum absolute atomic E-state index is 5.83. The topological polar surface area (TPSA) is 47.1 Å². The van der Waals surface area contributed by atoms with E-state index in [4.69, 9.17) is 9.47 Å². The van der Waals surface area contributed by atoms with Gasteiger partial charge in [-0.25, -0.2) is 0 Å². The van der Waals surface area contributed by atoms with Crippen molar-refractivity contribution in [3.8, 4) is 11.5 Å². The minimum Gasteiger partial charge on any atom is -0.493 e. The van der Waals surface area contributed by atoms with Gasteiger partial charge in [0.05, 0.1) is 23.3 Å². The Labute approximate surface area is 116 Å². The lowest BCUT2D eigenvalue weighted by molar-refractivity contribution is 0.302. The van der Waals surface area contributed by atoms with E-state index in [1.54, 1.807) is 6.20 Å². The number of nitrogens with one attached hydrogen (secondary N) is 1. The summed E-state index contributed by atoms with van der Waals surface area (Å²) in [5, 5.41) is 0. The highest BCUT2D eigenvalue weighted by Gasteiger charge is 2.12. The molecule has 0 spiro atoms. The zero-order valence-electron chi connectivity index (χ0n) is 10.9. The average molecular weight is 266 g/mol. The van der Waals surface area contributed by atoms with Gasteiger partial charge in [0.15, 0.2) is 0 Å². The van der Waals surface area contributed by atoms with Gasteiger partial charge in [0, 0.05) is 18.2 Å². The molecule has 0 amide bonds. The van der Waals surface area contributed by atoms with E-state index in [2.05, 4.69) is 16.0 Å². The van der Waals surface area contributed by atoms with Crippen molar-refractivity contribution >= 4 is 11.0 Å². The number of fused-ring (bicyclic) bond motifs is 2. The molecule has 0 radical (unpaired) electrons. The number of benzene rings is 1. The van der Waals surface area contributed by atoms with Gasteiger partial charge in [-0.3, -0.25) is 4.98 Å². The summed E-state index contributed by atoms with van der Waals surface area (Å²) >= 11 is 0. The molecule has 4 nitrogen and oxygen atoms in total. The molecule has 4 rings (SSSR count). The first-order chi connectivity index (χ1) is 9.88. The number of pyridine rings is 1. The van der Waals surface area contributed by atoms with E-state index >= 15 is 0 Å². The highest BCUT2D eigenvalue weighted by molar-refractivity contribution is 5.75. The van der Waals surface area contributed by atoms with E-state index in [-0.39, 0.29) is 0 Å². The van der Waals surface area contributed by atoms with E-state index in [1.165, 1.54) is 5.56 Å². The van der Waals surface area contributed by atoms with Crippen LogP contribution >= 0.6 is 0 Å². The Morgan fingerprint density at radius 2 is 2.25 bits per heavy atom. The summed E-state index contributed by atoms with van der Waals surface area (Å²) < 4.78 is 11.3. The summed E-state index contributed by atoms with van der Waals surface area (Å²) in [7, 11) is 0. The van der Waals surface area contributed by atoms with Gasteiger partial charge in [-0.05, 0) is 36.4 Å². The fourth-order valence-corrected chi connectivity index (χ4v) is 2.50. The van der Waals surface area contributed by atoms with E-state index in [9.17, 15) is 0 Å². The van der Waals surface area contributed by atoms with Gasteiger partial charge in [0.2, 0.25) is 0 Å². The lowest BCUT2D eigenvalue weighted by atomic mass is 10.1. The molecule has 1 aliphatic rings. The third-order valence-electron chi connectivity index (χ3n) is 3.50. The zero-order chi connectivity index (χ0) is 13.4. The van der Waals surface area contributed by atoms with Crippen LogP contribution < -0.4 is 9.47 Å². The van der Waals surface area contributed by atoms with Crippen molar-refractivity contribution in [1.82, 2.24) is 9.97 Å². The van der Waals surface area contributed by atoms with Crippen molar-refractivity contribution < 1.29 is 9.47 Å². The van der Waals surface area contributed by atoms with E-state index in [0.717, 1.165) is 41.3 Å². The molecule has 0 unspecified atom stereocenters. The van der Waals surface area contributed by atoms with Crippen LogP contribution in [0.2, 0.25) is 0 Å². The maximum Gasteiger partial charge on any atom is 0.128 e. The summed E-state index contributed by atoms with van der Waals surface area (Å²) in [6, 6.07) is 11.9. The van der Waals surface area contributed by atoms with Crippen molar-refractivity contribution in [3.05, 3.63) is 53.9 Å². The second kappa shape index (κ2) is 4.56. The fraction of sp³-hybridized carbons (Fsp3) is 0.188. The molecule has 0 aliphatic carbocycles. The zero-order valence-corrected chi connectivity index (χ0v) is 10.9. The maximum atomic E-state index is 5.83. The molecule has 0 bridgehead atoms. The Kier molecular flexibility index (Phi) is 2.59. The van der Waals surface area contributed by atoms with E-state index in [0.29, 0.717) is 6.61 Å². The van der Waals surface area contributed by atoms with Crippen LogP contribution in [0.4, 0.5) is 0 Å². The van der Waals surface area contributed by atoms with Crippen LogP contribution in [-0.2, 0) is 13.0 Å². The van der Waals surface area contributed by atoms with Gasteiger partial charge >= 0.3 is 0 Å². The molecule has 0 saturated carbocycles.